The molecule has 0 spiro atoms. The largest absolute Gasteiger partial charge is 0.490 e. The zero-order valence-corrected chi connectivity index (χ0v) is 12.4. The van der Waals surface area contributed by atoms with E-state index < -0.39 is 0 Å². The molecule has 0 fully saturated rings. The molecule has 1 amide bonds. The number of hydrogen-bond acceptors (Lipinski definition) is 5. The van der Waals surface area contributed by atoms with E-state index in [-0.39, 0.29) is 17.6 Å². The summed E-state index contributed by atoms with van der Waals surface area (Å²) in [4.78, 5) is 21.3. The van der Waals surface area contributed by atoms with Gasteiger partial charge in [-0.1, -0.05) is 25.4 Å². The Morgan fingerprint density at radius 3 is 2.79 bits per heavy atom. The first-order chi connectivity index (χ1) is 8.95. The second-order valence-corrected chi connectivity index (χ2v) is 4.93. The molecule has 0 aromatic carbocycles. The highest BCUT2D eigenvalue weighted by atomic mass is 35.5. The Labute approximate surface area is 118 Å². The van der Waals surface area contributed by atoms with E-state index >= 15 is 0 Å². The number of aromatic nitrogens is 2. The van der Waals surface area contributed by atoms with Crippen molar-refractivity contribution in [1.82, 2.24) is 15.3 Å². The standard InChI is InChI=1S/C12H19ClN4O2/c1-8(2)5-14-9(18)6-17(3)12-10(19-4)11(13)15-7-16-12/h7-8H,5-6H2,1-4H3,(H,14,18). The fourth-order valence-corrected chi connectivity index (χ4v) is 1.66. The van der Waals surface area contributed by atoms with Crippen LogP contribution in [0.1, 0.15) is 13.8 Å². The van der Waals surface area contributed by atoms with Crippen molar-refractivity contribution in [3.05, 3.63) is 11.5 Å². The van der Waals surface area contributed by atoms with E-state index in [1.54, 1.807) is 11.9 Å². The molecule has 0 saturated carbocycles. The van der Waals surface area contributed by atoms with Crippen LogP contribution < -0.4 is 15.0 Å². The van der Waals surface area contributed by atoms with Crippen molar-refractivity contribution in [2.75, 3.05) is 32.1 Å². The summed E-state index contributed by atoms with van der Waals surface area (Å²) in [5, 5.41) is 3.06. The average molecular weight is 287 g/mol. The SMILES string of the molecule is COc1c(Cl)ncnc1N(C)CC(=O)NCC(C)C. The molecule has 19 heavy (non-hydrogen) atoms. The number of carbonyl (C=O) groups excluding carboxylic acids is 1. The van der Waals surface area contributed by atoms with Gasteiger partial charge in [-0.2, -0.15) is 0 Å². The smallest absolute Gasteiger partial charge is 0.239 e. The summed E-state index contributed by atoms with van der Waals surface area (Å²) in [6, 6.07) is 0. The van der Waals surface area contributed by atoms with Crippen LogP contribution in [0.2, 0.25) is 5.15 Å². The van der Waals surface area contributed by atoms with Gasteiger partial charge in [0.05, 0.1) is 13.7 Å². The third-order valence-corrected chi connectivity index (χ3v) is 2.66. The number of nitrogens with zero attached hydrogens (tertiary/aromatic N) is 3. The highest BCUT2D eigenvalue weighted by Crippen LogP contribution is 2.30. The Morgan fingerprint density at radius 2 is 2.21 bits per heavy atom. The summed E-state index contributed by atoms with van der Waals surface area (Å²) < 4.78 is 5.15. The number of nitrogens with one attached hydrogen (secondary N) is 1. The molecule has 0 atom stereocenters. The number of halogens is 1. The van der Waals surface area contributed by atoms with Crippen LogP contribution in [0.5, 0.6) is 5.75 Å². The van der Waals surface area contributed by atoms with E-state index in [2.05, 4.69) is 15.3 Å². The molecule has 0 aliphatic carbocycles. The second kappa shape index (κ2) is 7.13. The zero-order valence-electron chi connectivity index (χ0n) is 11.6. The van der Waals surface area contributed by atoms with Crippen molar-refractivity contribution >= 4 is 23.3 Å². The van der Waals surface area contributed by atoms with Gasteiger partial charge >= 0.3 is 0 Å². The molecule has 1 rings (SSSR count). The number of likely N-dealkylation sites (N-methyl/N-ethyl adjacent to an activating group) is 1. The molecule has 6 nitrogen and oxygen atoms in total. The highest BCUT2D eigenvalue weighted by Gasteiger charge is 2.16. The van der Waals surface area contributed by atoms with Crippen LogP contribution in [0.4, 0.5) is 5.82 Å². The number of amides is 1. The number of hydrogen-bond donors (Lipinski definition) is 1. The third-order valence-electron chi connectivity index (χ3n) is 2.40. The first-order valence-electron chi connectivity index (χ1n) is 5.98. The van der Waals surface area contributed by atoms with Gasteiger partial charge in [0, 0.05) is 13.6 Å². The highest BCUT2D eigenvalue weighted by molar-refractivity contribution is 6.31. The maximum atomic E-state index is 11.7. The van der Waals surface area contributed by atoms with Gasteiger partial charge < -0.3 is 15.0 Å². The van der Waals surface area contributed by atoms with Gasteiger partial charge in [0.2, 0.25) is 5.91 Å². The van der Waals surface area contributed by atoms with Gasteiger partial charge in [0.15, 0.2) is 16.7 Å². The van der Waals surface area contributed by atoms with Gasteiger partial charge in [0.25, 0.3) is 0 Å². The Hall–Kier alpha value is -1.56. The number of carbonyl (C=O) groups is 1. The van der Waals surface area contributed by atoms with Crippen molar-refractivity contribution in [1.29, 1.82) is 0 Å². The van der Waals surface area contributed by atoms with Crippen molar-refractivity contribution in [2.45, 2.75) is 13.8 Å². The van der Waals surface area contributed by atoms with Crippen LogP contribution >= 0.6 is 11.6 Å². The van der Waals surface area contributed by atoms with Gasteiger partial charge in [-0.05, 0) is 5.92 Å². The first-order valence-corrected chi connectivity index (χ1v) is 6.35. The molecule has 1 N–H and O–H groups in total. The summed E-state index contributed by atoms with van der Waals surface area (Å²) >= 11 is 5.91. The lowest BCUT2D eigenvalue weighted by Crippen LogP contribution is -2.37. The maximum Gasteiger partial charge on any atom is 0.239 e. The Balaban J connectivity index is 2.70. The van der Waals surface area contributed by atoms with Crippen LogP contribution in [0.25, 0.3) is 0 Å². The summed E-state index contributed by atoms with van der Waals surface area (Å²) in [6.45, 7) is 4.90. The van der Waals surface area contributed by atoms with Gasteiger partial charge in [0.1, 0.15) is 6.33 Å². The first kappa shape index (κ1) is 15.5. The fourth-order valence-electron chi connectivity index (χ4n) is 1.46. The topological polar surface area (TPSA) is 67.4 Å². The van der Waals surface area contributed by atoms with E-state index in [0.29, 0.717) is 24.0 Å². The van der Waals surface area contributed by atoms with E-state index in [1.165, 1.54) is 13.4 Å². The lowest BCUT2D eigenvalue weighted by molar-refractivity contribution is -0.119. The minimum Gasteiger partial charge on any atom is -0.490 e. The summed E-state index contributed by atoms with van der Waals surface area (Å²) in [7, 11) is 3.23. The van der Waals surface area contributed by atoms with E-state index in [4.69, 9.17) is 16.3 Å². The van der Waals surface area contributed by atoms with Crippen LogP contribution in [0.3, 0.4) is 0 Å². The van der Waals surface area contributed by atoms with Gasteiger partial charge in [-0.25, -0.2) is 9.97 Å². The molecule has 0 saturated heterocycles. The Bertz CT molecular complexity index is 440. The van der Waals surface area contributed by atoms with Crippen molar-refractivity contribution < 1.29 is 9.53 Å². The number of anilines is 1. The van der Waals surface area contributed by atoms with E-state index in [0.717, 1.165) is 0 Å². The number of rotatable bonds is 6. The molecular weight excluding hydrogens is 268 g/mol. The minimum absolute atomic E-state index is 0.0759. The van der Waals surface area contributed by atoms with Gasteiger partial charge in [-0.15, -0.1) is 0 Å². The number of methoxy groups -OCH3 is 1. The fraction of sp³-hybridized carbons (Fsp3) is 0.583. The molecule has 1 heterocycles. The van der Waals surface area contributed by atoms with Crippen LogP contribution in [-0.4, -0.2) is 43.1 Å². The molecule has 7 heteroatoms. The lowest BCUT2D eigenvalue weighted by Gasteiger charge is -2.20. The molecule has 0 unspecified atom stereocenters. The number of ether oxygens (including phenoxy) is 1. The Morgan fingerprint density at radius 1 is 1.53 bits per heavy atom. The van der Waals surface area contributed by atoms with Crippen LogP contribution in [-0.2, 0) is 4.79 Å². The quantitative estimate of drug-likeness (QED) is 0.800. The second-order valence-electron chi connectivity index (χ2n) is 4.58. The lowest BCUT2D eigenvalue weighted by atomic mass is 10.2. The minimum atomic E-state index is -0.0759. The van der Waals surface area contributed by atoms with Gasteiger partial charge in [-0.3, -0.25) is 4.79 Å². The van der Waals surface area contributed by atoms with Crippen molar-refractivity contribution in [3.63, 3.8) is 0 Å². The van der Waals surface area contributed by atoms with Crippen molar-refractivity contribution in [3.8, 4) is 5.75 Å². The monoisotopic (exact) mass is 286 g/mol. The predicted molar refractivity (Wildman–Crippen MR) is 74.7 cm³/mol. The zero-order chi connectivity index (χ0) is 14.4. The molecule has 0 aliphatic rings. The molecule has 1 aromatic rings. The molecule has 1 aromatic heterocycles. The van der Waals surface area contributed by atoms with Crippen LogP contribution in [0.15, 0.2) is 6.33 Å². The average Bonchev–Trinajstić information content (AvgIpc) is 2.36. The van der Waals surface area contributed by atoms with Crippen LogP contribution in [0, 0.1) is 5.92 Å². The normalized spacial score (nSPS) is 10.4. The van der Waals surface area contributed by atoms with E-state index in [9.17, 15) is 4.79 Å². The molecule has 0 bridgehead atoms. The molecular formula is C12H19ClN4O2. The molecule has 0 aliphatic heterocycles. The summed E-state index contributed by atoms with van der Waals surface area (Å²) in [6.07, 6.45) is 1.34. The van der Waals surface area contributed by atoms with Crippen molar-refractivity contribution in [2.24, 2.45) is 5.92 Å². The predicted octanol–water partition coefficient (Wildman–Crippen LogP) is 1.35. The third kappa shape index (κ3) is 4.55. The van der Waals surface area contributed by atoms with E-state index in [1.807, 2.05) is 13.8 Å². The maximum absolute atomic E-state index is 11.7. The summed E-state index contributed by atoms with van der Waals surface area (Å²) in [5.41, 5.74) is 0. The molecule has 106 valence electrons. The summed E-state index contributed by atoms with van der Waals surface area (Å²) in [5.74, 6) is 1.19. The molecule has 0 radical (unpaired) electrons. The Kier molecular flexibility index (Phi) is 5.82.